The fourth-order valence-electron chi connectivity index (χ4n) is 3.11. The topological polar surface area (TPSA) is 12.0 Å². The molecular weight excluding hydrogens is 238 g/mol. The highest BCUT2D eigenvalue weighted by Crippen LogP contribution is 2.28. The molecule has 2 heteroatoms. The van der Waals surface area contributed by atoms with Gasteiger partial charge in [-0.25, -0.2) is 0 Å². The van der Waals surface area contributed by atoms with E-state index in [9.17, 15) is 0 Å². The van der Waals surface area contributed by atoms with Crippen molar-refractivity contribution in [2.45, 2.75) is 71.4 Å². The number of hydrogen-bond acceptors (Lipinski definition) is 2. The van der Waals surface area contributed by atoms with E-state index in [1.807, 2.05) is 11.3 Å². The third-order valence-electron chi connectivity index (χ3n) is 4.31. The van der Waals surface area contributed by atoms with Crippen LogP contribution in [0, 0.1) is 12.8 Å². The van der Waals surface area contributed by atoms with Gasteiger partial charge in [-0.2, -0.15) is 0 Å². The SMILES string of the molecule is Cc1ccc(C(C)N[C@H](C)C2CCCCCC2)s1. The molecule has 18 heavy (non-hydrogen) atoms. The van der Waals surface area contributed by atoms with Crippen LogP contribution in [0.4, 0.5) is 0 Å². The lowest BCUT2D eigenvalue weighted by Crippen LogP contribution is -2.35. The average Bonchev–Trinajstić information content (AvgIpc) is 2.63. The van der Waals surface area contributed by atoms with Gasteiger partial charge in [-0.15, -0.1) is 11.3 Å². The van der Waals surface area contributed by atoms with Gasteiger partial charge in [0, 0.05) is 21.8 Å². The monoisotopic (exact) mass is 265 g/mol. The van der Waals surface area contributed by atoms with Crippen LogP contribution in [-0.2, 0) is 0 Å². The Kier molecular flexibility index (Phi) is 5.25. The molecule has 1 unspecified atom stereocenters. The lowest BCUT2D eigenvalue weighted by molar-refractivity contribution is 0.318. The van der Waals surface area contributed by atoms with Crippen LogP contribution in [0.15, 0.2) is 12.1 Å². The van der Waals surface area contributed by atoms with Crippen molar-refractivity contribution >= 4 is 11.3 Å². The molecule has 0 aromatic carbocycles. The van der Waals surface area contributed by atoms with Crippen LogP contribution in [0.1, 0.15) is 68.2 Å². The Bertz CT molecular complexity index is 350. The summed E-state index contributed by atoms with van der Waals surface area (Å²) in [6.45, 7) is 6.88. The molecule has 1 aromatic heterocycles. The quantitative estimate of drug-likeness (QED) is 0.750. The van der Waals surface area contributed by atoms with Crippen LogP contribution in [0.5, 0.6) is 0 Å². The standard InChI is InChI=1S/C16H27NS/c1-12-10-11-16(18-12)14(3)17-13(2)15-8-6-4-5-7-9-15/h10-11,13-15,17H,4-9H2,1-3H3/t13-,14?/m1/s1. The van der Waals surface area contributed by atoms with E-state index in [2.05, 4.69) is 38.2 Å². The molecule has 0 radical (unpaired) electrons. The molecule has 1 nitrogen and oxygen atoms in total. The molecule has 0 aliphatic heterocycles. The van der Waals surface area contributed by atoms with Crippen LogP contribution >= 0.6 is 11.3 Å². The van der Waals surface area contributed by atoms with Crippen molar-refractivity contribution in [3.8, 4) is 0 Å². The molecule has 1 heterocycles. The second-order valence-electron chi connectivity index (χ2n) is 5.88. The second kappa shape index (κ2) is 6.72. The fraction of sp³-hybridized carbons (Fsp3) is 0.750. The van der Waals surface area contributed by atoms with Crippen LogP contribution in [0.25, 0.3) is 0 Å². The number of hydrogen-bond donors (Lipinski definition) is 1. The van der Waals surface area contributed by atoms with Crippen molar-refractivity contribution in [1.29, 1.82) is 0 Å². The lowest BCUT2D eigenvalue weighted by Gasteiger charge is -2.26. The molecule has 102 valence electrons. The Balaban J connectivity index is 1.87. The summed E-state index contributed by atoms with van der Waals surface area (Å²) in [5.41, 5.74) is 0. The molecule has 0 saturated heterocycles. The minimum atomic E-state index is 0.502. The molecule has 1 aliphatic carbocycles. The molecule has 2 atom stereocenters. The zero-order chi connectivity index (χ0) is 13.0. The molecule has 0 spiro atoms. The van der Waals surface area contributed by atoms with Gasteiger partial charge >= 0.3 is 0 Å². The highest BCUT2D eigenvalue weighted by molar-refractivity contribution is 7.12. The normalized spacial score (nSPS) is 21.5. The van der Waals surface area contributed by atoms with E-state index in [1.54, 1.807) is 0 Å². The summed E-state index contributed by atoms with van der Waals surface area (Å²) >= 11 is 1.93. The highest BCUT2D eigenvalue weighted by Gasteiger charge is 2.21. The Hall–Kier alpha value is -0.340. The Labute approximate surface area is 116 Å². The average molecular weight is 265 g/mol. The summed E-state index contributed by atoms with van der Waals surface area (Å²) < 4.78 is 0. The molecular formula is C16H27NS. The number of thiophene rings is 1. The van der Waals surface area contributed by atoms with Crippen LogP contribution in [-0.4, -0.2) is 6.04 Å². The van der Waals surface area contributed by atoms with E-state index in [-0.39, 0.29) is 0 Å². The molecule has 1 aromatic rings. The molecule has 0 amide bonds. The van der Waals surface area contributed by atoms with Gasteiger partial charge in [-0.05, 0) is 51.7 Å². The van der Waals surface area contributed by atoms with Crippen molar-refractivity contribution in [2.75, 3.05) is 0 Å². The van der Waals surface area contributed by atoms with Gasteiger partial charge in [0.25, 0.3) is 0 Å². The van der Waals surface area contributed by atoms with Crippen molar-refractivity contribution in [2.24, 2.45) is 5.92 Å². The maximum atomic E-state index is 3.82. The molecule has 0 bridgehead atoms. The van der Waals surface area contributed by atoms with Gasteiger partial charge in [-0.1, -0.05) is 25.7 Å². The van der Waals surface area contributed by atoms with Crippen molar-refractivity contribution in [1.82, 2.24) is 5.32 Å². The largest absolute Gasteiger partial charge is 0.307 e. The fourth-order valence-corrected chi connectivity index (χ4v) is 4.00. The number of nitrogens with one attached hydrogen (secondary N) is 1. The lowest BCUT2D eigenvalue weighted by atomic mass is 9.92. The van der Waals surface area contributed by atoms with Crippen LogP contribution in [0.3, 0.4) is 0 Å². The predicted octanol–water partition coefficient (Wildman–Crippen LogP) is 5.07. The first-order valence-corrected chi connectivity index (χ1v) is 8.31. The summed E-state index contributed by atoms with van der Waals surface area (Å²) in [6, 6.07) is 5.66. The molecule has 1 saturated carbocycles. The predicted molar refractivity (Wildman–Crippen MR) is 81.3 cm³/mol. The van der Waals surface area contributed by atoms with E-state index in [4.69, 9.17) is 0 Å². The maximum Gasteiger partial charge on any atom is 0.0388 e. The molecule has 2 rings (SSSR count). The van der Waals surface area contributed by atoms with Crippen molar-refractivity contribution in [3.63, 3.8) is 0 Å². The van der Waals surface area contributed by atoms with Gasteiger partial charge in [0.15, 0.2) is 0 Å². The summed E-state index contributed by atoms with van der Waals surface area (Å²) in [5.74, 6) is 0.885. The number of aryl methyl sites for hydroxylation is 1. The van der Waals surface area contributed by atoms with Crippen LogP contribution in [0.2, 0.25) is 0 Å². The first-order valence-electron chi connectivity index (χ1n) is 7.49. The first-order chi connectivity index (χ1) is 8.66. The Morgan fingerprint density at radius 3 is 2.33 bits per heavy atom. The highest BCUT2D eigenvalue weighted by atomic mass is 32.1. The van der Waals surface area contributed by atoms with E-state index in [0.717, 1.165) is 5.92 Å². The Morgan fingerprint density at radius 1 is 1.11 bits per heavy atom. The van der Waals surface area contributed by atoms with Gasteiger partial charge in [-0.3, -0.25) is 0 Å². The maximum absolute atomic E-state index is 3.82. The molecule has 1 aliphatic rings. The van der Waals surface area contributed by atoms with Gasteiger partial charge in [0.05, 0.1) is 0 Å². The zero-order valence-corrected chi connectivity index (χ0v) is 12.9. The zero-order valence-electron chi connectivity index (χ0n) is 12.0. The Morgan fingerprint density at radius 2 is 1.78 bits per heavy atom. The van der Waals surface area contributed by atoms with Crippen molar-refractivity contribution < 1.29 is 0 Å². The van der Waals surface area contributed by atoms with Crippen molar-refractivity contribution in [3.05, 3.63) is 21.9 Å². The van der Waals surface area contributed by atoms with Crippen LogP contribution < -0.4 is 5.32 Å². The summed E-state index contributed by atoms with van der Waals surface area (Å²) in [6.07, 6.45) is 8.60. The smallest absolute Gasteiger partial charge is 0.0388 e. The van der Waals surface area contributed by atoms with E-state index < -0.39 is 0 Å². The summed E-state index contributed by atoms with van der Waals surface area (Å²) in [7, 11) is 0. The summed E-state index contributed by atoms with van der Waals surface area (Å²) in [4.78, 5) is 2.90. The number of rotatable bonds is 4. The minimum Gasteiger partial charge on any atom is -0.307 e. The first kappa shape index (κ1) is 14.1. The third kappa shape index (κ3) is 3.83. The molecule has 1 N–H and O–H groups in total. The second-order valence-corrected chi connectivity index (χ2v) is 7.20. The van der Waals surface area contributed by atoms with E-state index >= 15 is 0 Å². The van der Waals surface area contributed by atoms with E-state index in [1.165, 1.54) is 48.3 Å². The minimum absolute atomic E-state index is 0.502. The van der Waals surface area contributed by atoms with E-state index in [0.29, 0.717) is 12.1 Å². The molecule has 1 fully saturated rings. The van der Waals surface area contributed by atoms with Gasteiger partial charge in [0.2, 0.25) is 0 Å². The summed E-state index contributed by atoms with van der Waals surface area (Å²) in [5, 5.41) is 3.82. The third-order valence-corrected chi connectivity index (χ3v) is 5.49. The van der Waals surface area contributed by atoms with Gasteiger partial charge < -0.3 is 5.32 Å². The van der Waals surface area contributed by atoms with Gasteiger partial charge in [0.1, 0.15) is 0 Å².